The number of anilines is 1. The van der Waals surface area contributed by atoms with E-state index in [9.17, 15) is 13.2 Å². The molecule has 0 unspecified atom stereocenters. The Morgan fingerprint density at radius 2 is 1.67 bits per heavy atom. The molecule has 0 heterocycles. The number of rotatable bonds is 10. The molecule has 2 aromatic rings. The molecule has 2 aromatic carbocycles. The number of ether oxygens (including phenoxy) is 2. The summed E-state index contributed by atoms with van der Waals surface area (Å²) in [7, 11) is -2.23. The topological polar surface area (TPSA) is 84.9 Å². The van der Waals surface area contributed by atoms with Crippen molar-refractivity contribution >= 4 is 21.6 Å². The highest BCUT2D eigenvalue weighted by molar-refractivity contribution is 7.93. The van der Waals surface area contributed by atoms with Gasteiger partial charge in [-0.15, -0.1) is 0 Å². The molecule has 1 fully saturated rings. The molecule has 30 heavy (non-hydrogen) atoms. The first kappa shape index (κ1) is 22.0. The second-order valence-electron chi connectivity index (χ2n) is 7.65. The second kappa shape index (κ2) is 9.38. The van der Waals surface area contributed by atoms with Gasteiger partial charge in [-0.25, -0.2) is 8.42 Å². The van der Waals surface area contributed by atoms with Crippen LogP contribution >= 0.6 is 0 Å². The summed E-state index contributed by atoms with van der Waals surface area (Å²) in [5.74, 6) is 0.396. The van der Waals surface area contributed by atoms with Gasteiger partial charge in [0.1, 0.15) is 17.3 Å². The van der Waals surface area contributed by atoms with Crippen LogP contribution in [-0.2, 0) is 21.4 Å². The van der Waals surface area contributed by atoms with Crippen molar-refractivity contribution in [2.45, 2.75) is 45.4 Å². The number of hydrogen-bond acceptors (Lipinski definition) is 5. The highest BCUT2D eigenvalue weighted by Crippen LogP contribution is 2.29. The predicted molar refractivity (Wildman–Crippen MR) is 116 cm³/mol. The molecule has 0 aliphatic heterocycles. The Morgan fingerprint density at radius 1 is 1.07 bits per heavy atom. The summed E-state index contributed by atoms with van der Waals surface area (Å²) in [6.45, 7) is 4.21. The third-order valence-corrected chi connectivity index (χ3v) is 5.81. The van der Waals surface area contributed by atoms with Crippen molar-refractivity contribution in [3.8, 4) is 11.5 Å². The Bertz CT molecular complexity index is 952. The largest absolute Gasteiger partial charge is 0.497 e. The van der Waals surface area contributed by atoms with Crippen LogP contribution in [0.2, 0.25) is 0 Å². The molecular formula is C22H28N2O5S. The maximum atomic E-state index is 12.8. The lowest BCUT2D eigenvalue weighted by atomic mass is 10.2. The molecule has 1 saturated carbocycles. The van der Waals surface area contributed by atoms with Gasteiger partial charge < -0.3 is 14.4 Å². The first-order valence-electron chi connectivity index (χ1n) is 9.95. The van der Waals surface area contributed by atoms with Gasteiger partial charge in [-0.2, -0.15) is 0 Å². The summed E-state index contributed by atoms with van der Waals surface area (Å²) in [4.78, 5) is 14.4. The highest BCUT2D eigenvalue weighted by Gasteiger charge is 2.34. The second-order valence-corrected chi connectivity index (χ2v) is 9.38. The van der Waals surface area contributed by atoms with Crippen molar-refractivity contribution in [1.82, 2.24) is 4.90 Å². The number of amides is 1. The van der Waals surface area contributed by atoms with Gasteiger partial charge in [0, 0.05) is 18.3 Å². The Morgan fingerprint density at radius 3 is 2.20 bits per heavy atom. The van der Waals surface area contributed by atoms with Crippen LogP contribution in [0.15, 0.2) is 48.5 Å². The summed E-state index contributed by atoms with van der Waals surface area (Å²) >= 11 is 0. The lowest BCUT2D eigenvalue weighted by Gasteiger charge is -2.23. The lowest BCUT2D eigenvalue weighted by Crippen LogP contribution is -2.38. The molecule has 1 N–H and O–H groups in total. The van der Waals surface area contributed by atoms with Crippen LogP contribution in [0.1, 0.15) is 32.3 Å². The smallest absolute Gasteiger partial charge is 0.241 e. The molecule has 0 radical (unpaired) electrons. The molecule has 0 atom stereocenters. The molecule has 0 spiro atoms. The molecule has 0 aromatic heterocycles. The number of nitrogens with zero attached hydrogens (tertiary/aromatic N) is 1. The number of hydrogen-bond donors (Lipinski definition) is 1. The average molecular weight is 433 g/mol. The number of carbonyl (C=O) groups excluding carboxylic acids is 1. The number of nitrogens with one attached hydrogen (secondary N) is 1. The molecule has 0 bridgehead atoms. The van der Waals surface area contributed by atoms with Crippen LogP contribution in [0.25, 0.3) is 0 Å². The van der Waals surface area contributed by atoms with Crippen LogP contribution in [0.5, 0.6) is 11.5 Å². The van der Waals surface area contributed by atoms with Crippen LogP contribution in [-0.4, -0.2) is 44.2 Å². The van der Waals surface area contributed by atoms with Crippen LogP contribution < -0.4 is 14.2 Å². The quantitative estimate of drug-likeness (QED) is 0.622. The van der Waals surface area contributed by atoms with E-state index in [1.807, 2.05) is 38.1 Å². The maximum absolute atomic E-state index is 12.8. The van der Waals surface area contributed by atoms with E-state index in [4.69, 9.17) is 9.47 Å². The Labute approximate surface area is 178 Å². The van der Waals surface area contributed by atoms with Crippen LogP contribution in [0.3, 0.4) is 0 Å². The predicted octanol–water partition coefficient (Wildman–Crippen LogP) is 3.42. The van der Waals surface area contributed by atoms with E-state index in [-0.39, 0.29) is 12.1 Å². The Hall–Kier alpha value is -2.74. The van der Waals surface area contributed by atoms with Crippen molar-refractivity contribution in [2.75, 3.05) is 17.6 Å². The fourth-order valence-corrected chi connectivity index (χ4v) is 4.13. The lowest BCUT2D eigenvalue weighted by molar-refractivity contribution is -0.129. The number of carbonyl (C=O) groups is 1. The number of sulfonamides is 1. The minimum Gasteiger partial charge on any atom is -0.497 e. The van der Waals surface area contributed by atoms with Gasteiger partial charge in [-0.05, 0) is 68.7 Å². The zero-order chi connectivity index (χ0) is 21.7. The maximum Gasteiger partial charge on any atom is 0.241 e. The molecule has 0 saturated heterocycles. The molecule has 3 rings (SSSR count). The van der Waals surface area contributed by atoms with E-state index < -0.39 is 21.7 Å². The summed E-state index contributed by atoms with van der Waals surface area (Å²) in [6.07, 6.45) is 1.82. The molecule has 162 valence electrons. The average Bonchev–Trinajstić information content (AvgIpc) is 3.52. The fraction of sp³-hybridized carbons (Fsp3) is 0.409. The standard InChI is InChI=1S/C22H28N2O5S/c1-16(2)29-21-12-6-18(7-13-21)23-30(26,27)15-22(25)24(19-8-9-19)14-17-4-10-20(28-3)11-5-17/h4-7,10-13,16,19,23H,8-9,14-15H2,1-3H3. The van der Waals surface area contributed by atoms with Crippen molar-refractivity contribution in [2.24, 2.45) is 0 Å². The van der Waals surface area contributed by atoms with Crippen LogP contribution in [0, 0.1) is 0 Å². The first-order valence-corrected chi connectivity index (χ1v) is 11.6. The number of benzene rings is 2. The van der Waals surface area contributed by atoms with E-state index in [0.29, 0.717) is 18.0 Å². The van der Waals surface area contributed by atoms with E-state index >= 15 is 0 Å². The SMILES string of the molecule is COc1ccc(CN(C(=O)CS(=O)(=O)Nc2ccc(OC(C)C)cc2)C2CC2)cc1. The van der Waals surface area contributed by atoms with Crippen molar-refractivity contribution < 1.29 is 22.7 Å². The van der Waals surface area contributed by atoms with Gasteiger partial charge in [0.05, 0.1) is 13.2 Å². The Kier molecular flexibility index (Phi) is 6.87. The summed E-state index contributed by atoms with van der Waals surface area (Å²) in [5, 5.41) is 0. The molecule has 1 aliphatic rings. The normalized spacial score (nSPS) is 13.7. The number of methoxy groups -OCH3 is 1. The highest BCUT2D eigenvalue weighted by atomic mass is 32.2. The monoisotopic (exact) mass is 432 g/mol. The van der Waals surface area contributed by atoms with Gasteiger partial charge in [-0.1, -0.05) is 12.1 Å². The molecular weight excluding hydrogens is 404 g/mol. The first-order chi connectivity index (χ1) is 14.3. The molecule has 1 aliphatic carbocycles. The molecule has 7 nitrogen and oxygen atoms in total. The zero-order valence-electron chi connectivity index (χ0n) is 17.5. The van der Waals surface area contributed by atoms with Crippen molar-refractivity contribution in [3.63, 3.8) is 0 Å². The molecule has 8 heteroatoms. The van der Waals surface area contributed by atoms with Gasteiger partial charge in [0.25, 0.3) is 0 Å². The van der Waals surface area contributed by atoms with Gasteiger partial charge in [0.2, 0.25) is 15.9 Å². The van der Waals surface area contributed by atoms with E-state index in [0.717, 1.165) is 24.2 Å². The summed E-state index contributed by atoms with van der Waals surface area (Å²) in [5.41, 5.74) is 1.33. The van der Waals surface area contributed by atoms with Crippen molar-refractivity contribution in [3.05, 3.63) is 54.1 Å². The van der Waals surface area contributed by atoms with E-state index in [1.54, 1.807) is 36.3 Å². The van der Waals surface area contributed by atoms with Crippen molar-refractivity contribution in [1.29, 1.82) is 0 Å². The van der Waals surface area contributed by atoms with E-state index in [1.165, 1.54) is 0 Å². The molecule has 1 amide bonds. The third kappa shape index (κ3) is 6.38. The Balaban J connectivity index is 1.62. The van der Waals surface area contributed by atoms with Crippen LogP contribution in [0.4, 0.5) is 5.69 Å². The van der Waals surface area contributed by atoms with Gasteiger partial charge >= 0.3 is 0 Å². The summed E-state index contributed by atoms with van der Waals surface area (Å²) < 4.78 is 38.3. The van der Waals surface area contributed by atoms with Gasteiger partial charge in [0.15, 0.2) is 0 Å². The minimum atomic E-state index is -3.83. The van der Waals surface area contributed by atoms with Gasteiger partial charge in [-0.3, -0.25) is 9.52 Å². The fourth-order valence-electron chi connectivity index (χ4n) is 3.07. The third-order valence-electron chi connectivity index (χ3n) is 4.63. The zero-order valence-corrected chi connectivity index (χ0v) is 18.3. The minimum absolute atomic E-state index is 0.0317. The summed E-state index contributed by atoms with van der Waals surface area (Å²) in [6, 6.07) is 14.2. The van der Waals surface area contributed by atoms with E-state index in [2.05, 4.69) is 4.72 Å².